The van der Waals surface area contributed by atoms with Crippen LogP contribution in [0, 0.1) is 19.7 Å². The van der Waals surface area contributed by atoms with Gasteiger partial charge in [0, 0.05) is 18.8 Å². The van der Waals surface area contributed by atoms with E-state index in [1.165, 1.54) is 16.4 Å². The van der Waals surface area contributed by atoms with Gasteiger partial charge < -0.3 is 4.90 Å². The van der Waals surface area contributed by atoms with E-state index in [1.807, 2.05) is 32.0 Å². The maximum absolute atomic E-state index is 13.1. The summed E-state index contributed by atoms with van der Waals surface area (Å²) in [6.07, 6.45) is 0. The van der Waals surface area contributed by atoms with Crippen molar-refractivity contribution in [1.82, 2.24) is 4.31 Å². The maximum Gasteiger partial charge on any atom is 0.245 e. The first-order valence-corrected chi connectivity index (χ1v) is 9.81. The summed E-state index contributed by atoms with van der Waals surface area (Å²) in [5.41, 5.74) is 2.86. The van der Waals surface area contributed by atoms with Crippen molar-refractivity contribution in [3.63, 3.8) is 0 Å². The van der Waals surface area contributed by atoms with Crippen LogP contribution in [0.5, 0.6) is 0 Å². The smallest absolute Gasteiger partial charge is 0.245 e. The van der Waals surface area contributed by atoms with Crippen LogP contribution < -0.4 is 4.90 Å². The average molecular weight is 376 g/mol. The highest BCUT2D eigenvalue weighted by molar-refractivity contribution is 7.89. The summed E-state index contributed by atoms with van der Waals surface area (Å²) in [6.45, 7) is 5.95. The lowest BCUT2D eigenvalue weighted by Crippen LogP contribution is -2.57. The Morgan fingerprint density at radius 3 is 2.15 bits per heavy atom. The molecule has 5 nitrogen and oxygen atoms in total. The van der Waals surface area contributed by atoms with Gasteiger partial charge in [-0.25, -0.2) is 12.8 Å². The molecule has 26 heavy (non-hydrogen) atoms. The molecule has 0 aliphatic carbocycles. The third-order valence-electron chi connectivity index (χ3n) is 4.54. The monoisotopic (exact) mass is 376 g/mol. The summed E-state index contributed by atoms with van der Waals surface area (Å²) >= 11 is 0. The number of amides is 1. The lowest BCUT2D eigenvalue weighted by molar-refractivity contribution is -0.123. The Balaban J connectivity index is 1.89. The SMILES string of the molecule is Cc1cc(C)cc(N2CCN(S(=O)(=O)c3ccc(F)cc3)C(C)C2=O)c1. The Morgan fingerprint density at radius 2 is 1.58 bits per heavy atom. The molecule has 0 spiro atoms. The second-order valence-electron chi connectivity index (χ2n) is 6.58. The van der Waals surface area contributed by atoms with Crippen LogP contribution in [0.2, 0.25) is 0 Å². The van der Waals surface area contributed by atoms with Gasteiger partial charge in [-0.3, -0.25) is 4.79 Å². The first-order valence-electron chi connectivity index (χ1n) is 8.37. The Kier molecular flexibility index (Phi) is 4.86. The number of anilines is 1. The molecule has 1 aliphatic heterocycles. The predicted octanol–water partition coefficient (Wildman–Crippen LogP) is 2.87. The van der Waals surface area contributed by atoms with Gasteiger partial charge in [-0.05, 0) is 68.3 Å². The van der Waals surface area contributed by atoms with Crippen LogP contribution >= 0.6 is 0 Å². The van der Waals surface area contributed by atoms with Gasteiger partial charge in [-0.15, -0.1) is 0 Å². The predicted molar refractivity (Wildman–Crippen MR) is 98.0 cm³/mol. The van der Waals surface area contributed by atoms with Crippen LogP contribution in [0.4, 0.5) is 10.1 Å². The third kappa shape index (κ3) is 3.37. The highest BCUT2D eigenvalue weighted by atomic mass is 32.2. The molecule has 1 atom stereocenters. The lowest BCUT2D eigenvalue weighted by Gasteiger charge is -2.38. The molecule has 2 aromatic carbocycles. The van der Waals surface area contributed by atoms with Crippen LogP contribution in [0.3, 0.4) is 0 Å². The minimum atomic E-state index is -3.86. The molecular weight excluding hydrogens is 355 g/mol. The van der Waals surface area contributed by atoms with Gasteiger partial charge in [0.05, 0.1) is 4.90 Å². The number of nitrogens with zero attached hydrogens (tertiary/aromatic N) is 2. The van der Waals surface area contributed by atoms with E-state index >= 15 is 0 Å². The van der Waals surface area contributed by atoms with E-state index in [2.05, 4.69) is 0 Å². The van der Waals surface area contributed by atoms with Crippen molar-refractivity contribution in [2.45, 2.75) is 31.7 Å². The summed E-state index contributed by atoms with van der Waals surface area (Å²) in [6, 6.07) is 9.67. The van der Waals surface area contributed by atoms with Crippen LogP contribution in [-0.4, -0.2) is 37.8 Å². The normalized spacial score (nSPS) is 19.0. The lowest BCUT2D eigenvalue weighted by atomic mass is 10.1. The number of benzene rings is 2. The van der Waals surface area contributed by atoms with E-state index in [4.69, 9.17) is 0 Å². The van der Waals surface area contributed by atoms with Gasteiger partial charge in [0.1, 0.15) is 11.9 Å². The van der Waals surface area contributed by atoms with Gasteiger partial charge >= 0.3 is 0 Å². The first-order chi connectivity index (χ1) is 12.2. The third-order valence-corrected chi connectivity index (χ3v) is 6.52. The van der Waals surface area contributed by atoms with Gasteiger partial charge in [-0.1, -0.05) is 6.07 Å². The molecule has 1 heterocycles. The number of aryl methyl sites for hydroxylation is 2. The van der Waals surface area contributed by atoms with Crippen LogP contribution in [-0.2, 0) is 14.8 Å². The zero-order valence-electron chi connectivity index (χ0n) is 14.9. The second-order valence-corrected chi connectivity index (χ2v) is 8.47. The van der Waals surface area contributed by atoms with E-state index in [9.17, 15) is 17.6 Å². The first kappa shape index (κ1) is 18.5. The molecule has 138 valence electrons. The fourth-order valence-corrected chi connectivity index (χ4v) is 4.86. The highest BCUT2D eigenvalue weighted by Crippen LogP contribution is 2.27. The van der Waals surface area contributed by atoms with E-state index in [-0.39, 0.29) is 23.9 Å². The molecule has 1 unspecified atom stereocenters. The van der Waals surface area contributed by atoms with E-state index in [0.717, 1.165) is 28.9 Å². The molecule has 1 amide bonds. The van der Waals surface area contributed by atoms with Crippen LogP contribution in [0.25, 0.3) is 0 Å². The Bertz CT molecular complexity index is 922. The standard InChI is InChI=1S/C19H21FN2O3S/c1-13-10-14(2)12-17(11-13)21-8-9-22(15(3)19(21)23)26(24,25)18-6-4-16(20)5-7-18/h4-7,10-12,15H,8-9H2,1-3H3. The minimum Gasteiger partial charge on any atom is -0.310 e. The van der Waals surface area contributed by atoms with Crippen LogP contribution in [0.1, 0.15) is 18.1 Å². The molecule has 2 aromatic rings. The molecule has 0 radical (unpaired) electrons. The van der Waals surface area contributed by atoms with E-state index < -0.39 is 21.9 Å². The van der Waals surface area contributed by atoms with Crippen molar-refractivity contribution in [2.24, 2.45) is 0 Å². The zero-order chi connectivity index (χ0) is 19.1. The maximum atomic E-state index is 13.1. The van der Waals surface area contributed by atoms with E-state index in [1.54, 1.807) is 11.8 Å². The fourth-order valence-electron chi connectivity index (χ4n) is 3.28. The van der Waals surface area contributed by atoms with Crippen molar-refractivity contribution in [3.8, 4) is 0 Å². The molecule has 3 rings (SSSR count). The zero-order valence-corrected chi connectivity index (χ0v) is 15.8. The summed E-state index contributed by atoms with van der Waals surface area (Å²) in [4.78, 5) is 14.5. The van der Waals surface area contributed by atoms with Crippen molar-refractivity contribution in [3.05, 3.63) is 59.4 Å². The number of sulfonamides is 1. The molecular formula is C19H21FN2O3S. The van der Waals surface area contributed by atoms with Gasteiger partial charge in [0.15, 0.2) is 0 Å². The Hall–Kier alpha value is -2.25. The number of hydrogen-bond acceptors (Lipinski definition) is 3. The topological polar surface area (TPSA) is 57.7 Å². The number of rotatable bonds is 3. The Morgan fingerprint density at radius 1 is 1.00 bits per heavy atom. The minimum absolute atomic E-state index is 0.0154. The Labute approximate surface area is 153 Å². The van der Waals surface area contributed by atoms with Gasteiger partial charge in [0.25, 0.3) is 0 Å². The average Bonchev–Trinajstić information content (AvgIpc) is 2.56. The van der Waals surface area contributed by atoms with E-state index in [0.29, 0.717) is 0 Å². The molecule has 1 fully saturated rings. The largest absolute Gasteiger partial charge is 0.310 e. The van der Waals surface area contributed by atoms with Crippen molar-refractivity contribution < 1.29 is 17.6 Å². The van der Waals surface area contributed by atoms with Crippen molar-refractivity contribution in [2.75, 3.05) is 18.0 Å². The molecule has 1 saturated heterocycles. The summed E-state index contributed by atoms with van der Waals surface area (Å²) in [5.74, 6) is -0.778. The number of halogens is 1. The summed E-state index contributed by atoms with van der Waals surface area (Å²) in [7, 11) is -3.86. The molecule has 1 aliphatic rings. The fraction of sp³-hybridized carbons (Fsp3) is 0.316. The molecule has 0 aromatic heterocycles. The molecule has 0 bridgehead atoms. The second kappa shape index (κ2) is 6.81. The van der Waals surface area contributed by atoms with Gasteiger partial charge in [0.2, 0.25) is 15.9 Å². The number of carbonyl (C=O) groups excluding carboxylic acids is 1. The van der Waals surface area contributed by atoms with Crippen molar-refractivity contribution in [1.29, 1.82) is 0 Å². The van der Waals surface area contributed by atoms with Crippen LogP contribution in [0.15, 0.2) is 47.4 Å². The van der Waals surface area contributed by atoms with Crippen molar-refractivity contribution >= 4 is 21.6 Å². The molecule has 0 saturated carbocycles. The number of hydrogen-bond donors (Lipinski definition) is 0. The quantitative estimate of drug-likeness (QED) is 0.828. The number of carbonyl (C=O) groups is 1. The molecule has 7 heteroatoms. The van der Waals surface area contributed by atoms with Gasteiger partial charge in [-0.2, -0.15) is 4.31 Å². The highest BCUT2D eigenvalue weighted by Gasteiger charge is 2.39. The summed E-state index contributed by atoms with van der Waals surface area (Å²) < 4.78 is 40.0. The molecule has 0 N–H and O–H groups in total. The number of piperazine rings is 1. The summed E-state index contributed by atoms with van der Waals surface area (Å²) in [5, 5.41) is 0.